The Morgan fingerprint density at radius 3 is 2.53 bits per heavy atom. The van der Waals surface area contributed by atoms with Gasteiger partial charge in [-0.25, -0.2) is 0 Å². The standard InChI is InChI=1S/C14H22N2O2S/c1-9-10(2)14(19-11(9)3)15-13(18)8-16(6-7-17)12-4-5-12/h12,17H,4-8H2,1-3H3,(H,15,18). The Morgan fingerprint density at radius 1 is 1.37 bits per heavy atom. The summed E-state index contributed by atoms with van der Waals surface area (Å²) in [7, 11) is 0. The van der Waals surface area contributed by atoms with Crippen LogP contribution in [0.5, 0.6) is 0 Å². The van der Waals surface area contributed by atoms with Gasteiger partial charge in [0.25, 0.3) is 0 Å². The van der Waals surface area contributed by atoms with Crippen LogP contribution in [0.25, 0.3) is 0 Å². The van der Waals surface area contributed by atoms with E-state index in [0.29, 0.717) is 19.1 Å². The Balaban J connectivity index is 1.94. The highest BCUT2D eigenvalue weighted by Crippen LogP contribution is 2.31. The van der Waals surface area contributed by atoms with Gasteiger partial charge in [0.2, 0.25) is 5.91 Å². The first-order chi connectivity index (χ1) is 9.02. The molecular weight excluding hydrogens is 260 g/mol. The summed E-state index contributed by atoms with van der Waals surface area (Å²) in [6, 6.07) is 0.491. The normalized spacial score (nSPS) is 15.0. The number of thiophene rings is 1. The third kappa shape index (κ3) is 3.55. The zero-order valence-corrected chi connectivity index (χ0v) is 12.6. The van der Waals surface area contributed by atoms with E-state index in [1.807, 2.05) is 6.92 Å². The van der Waals surface area contributed by atoms with Gasteiger partial charge in [-0.3, -0.25) is 9.69 Å². The van der Waals surface area contributed by atoms with E-state index in [1.54, 1.807) is 11.3 Å². The first-order valence-corrected chi connectivity index (χ1v) is 7.56. The Morgan fingerprint density at radius 2 is 2.05 bits per heavy atom. The summed E-state index contributed by atoms with van der Waals surface area (Å²) in [6.45, 7) is 7.27. The Kier molecular flexibility index (Phi) is 4.60. The largest absolute Gasteiger partial charge is 0.395 e. The highest BCUT2D eigenvalue weighted by molar-refractivity contribution is 7.16. The lowest BCUT2D eigenvalue weighted by atomic mass is 10.2. The minimum Gasteiger partial charge on any atom is -0.395 e. The third-order valence-electron chi connectivity index (χ3n) is 3.74. The van der Waals surface area contributed by atoms with Gasteiger partial charge in [-0.05, 0) is 44.7 Å². The zero-order valence-electron chi connectivity index (χ0n) is 11.8. The number of hydrogen-bond donors (Lipinski definition) is 2. The van der Waals surface area contributed by atoms with Crippen LogP contribution in [0.2, 0.25) is 0 Å². The van der Waals surface area contributed by atoms with E-state index >= 15 is 0 Å². The SMILES string of the molecule is Cc1sc(NC(=O)CN(CCO)C2CC2)c(C)c1C. The molecule has 2 rings (SSSR count). The van der Waals surface area contributed by atoms with Crippen molar-refractivity contribution < 1.29 is 9.90 Å². The quantitative estimate of drug-likeness (QED) is 0.840. The molecular formula is C14H22N2O2S. The second-order valence-electron chi connectivity index (χ2n) is 5.21. The van der Waals surface area contributed by atoms with Gasteiger partial charge in [0.05, 0.1) is 18.2 Å². The minimum absolute atomic E-state index is 0.0182. The monoisotopic (exact) mass is 282 g/mol. The van der Waals surface area contributed by atoms with E-state index in [4.69, 9.17) is 5.11 Å². The van der Waals surface area contributed by atoms with E-state index in [-0.39, 0.29) is 12.5 Å². The van der Waals surface area contributed by atoms with E-state index < -0.39 is 0 Å². The van der Waals surface area contributed by atoms with Gasteiger partial charge in [0, 0.05) is 17.5 Å². The van der Waals surface area contributed by atoms with E-state index in [9.17, 15) is 4.79 Å². The van der Waals surface area contributed by atoms with Crippen LogP contribution >= 0.6 is 11.3 Å². The zero-order chi connectivity index (χ0) is 14.0. The lowest BCUT2D eigenvalue weighted by molar-refractivity contribution is -0.117. The number of carbonyl (C=O) groups excluding carboxylic acids is 1. The van der Waals surface area contributed by atoms with E-state index in [0.717, 1.165) is 23.4 Å². The molecule has 1 aromatic rings. The molecule has 4 nitrogen and oxygen atoms in total. The first-order valence-electron chi connectivity index (χ1n) is 6.74. The lowest BCUT2D eigenvalue weighted by Crippen LogP contribution is -2.36. The fourth-order valence-corrected chi connectivity index (χ4v) is 3.25. The van der Waals surface area contributed by atoms with Crippen molar-refractivity contribution in [3.8, 4) is 0 Å². The molecule has 0 saturated heterocycles. The van der Waals surface area contributed by atoms with Crippen molar-refractivity contribution in [1.29, 1.82) is 0 Å². The number of aliphatic hydroxyl groups excluding tert-OH is 1. The van der Waals surface area contributed by atoms with E-state index in [2.05, 4.69) is 24.1 Å². The van der Waals surface area contributed by atoms with Gasteiger partial charge >= 0.3 is 0 Å². The van der Waals surface area contributed by atoms with Gasteiger partial charge in [-0.15, -0.1) is 11.3 Å². The molecule has 1 saturated carbocycles. The highest BCUT2D eigenvalue weighted by atomic mass is 32.1. The van der Waals surface area contributed by atoms with Crippen molar-refractivity contribution in [1.82, 2.24) is 4.90 Å². The topological polar surface area (TPSA) is 52.6 Å². The summed E-state index contributed by atoms with van der Waals surface area (Å²) in [4.78, 5) is 15.4. The minimum atomic E-state index is 0.0182. The number of hydrogen-bond acceptors (Lipinski definition) is 4. The second kappa shape index (κ2) is 6.03. The number of nitrogens with one attached hydrogen (secondary N) is 1. The van der Waals surface area contributed by atoms with Crippen LogP contribution in [0.4, 0.5) is 5.00 Å². The Labute approximate surface area is 118 Å². The molecule has 0 atom stereocenters. The van der Waals surface area contributed by atoms with Crippen molar-refractivity contribution in [2.75, 3.05) is 25.0 Å². The van der Waals surface area contributed by atoms with Crippen LogP contribution < -0.4 is 5.32 Å². The molecule has 1 aliphatic rings. The maximum atomic E-state index is 12.1. The average molecular weight is 282 g/mol. The molecule has 106 valence electrons. The van der Waals surface area contributed by atoms with Crippen molar-refractivity contribution in [3.63, 3.8) is 0 Å². The molecule has 1 amide bonds. The molecule has 1 heterocycles. The number of amides is 1. The van der Waals surface area contributed by atoms with Gasteiger partial charge in [0.1, 0.15) is 0 Å². The molecule has 1 fully saturated rings. The molecule has 2 N–H and O–H groups in total. The van der Waals surface area contributed by atoms with Crippen molar-refractivity contribution >= 4 is 22.2 Å². The maximum Gasteiger partial charge on any atom is 0.239 e. The number of aliphatic hydroxyl groups is 1. The summed E-state index contributed by atoms with van der Waals surface area (Å²) in [5, 5.41) is 13.0. The molecule has 0 unspecified atom stereocenters. The van der Waals surface area contributed by atoms with Crippen LogP contribution in [0, 0.1) is 20.8 Å². The molecule has 0 spiro atoms. The van der Waals surface area contributed by atoms with Crippen LogP contribution in [0.15, 0.2) is 0 Å². The van der Waals surface area contributed by atoms with Crippen molar-refractivity contribution in [2.24, 2.45) is 0 Å². The van der Waals surface area contributed by atoms with Crippen LogP contribution in [-0.4, -0.2) is 41.7 Å². The van der Waals surface area contributed by atoms with Crippen molar-refractivity contribution in [3.05, 3.63) is 16.0 Å². The first kappa shape index (κ1) is 14.5. The van der Waals surface area contributed by atoms with Crippen LogP contribution in [-0.2, 0) is 4.79 Å². The molecule has 0 aromatic carbocycles. The smallest absolute Gasteiger partial charge is 0.239 e. The van der Waals surface area contributed by atoms with Gasteiger partial charge in [-0.1, -0.05) is 0 Å². The van der Waals surface area contributed by atoms with Gasteiger partial charge < -0.3 is 10.4 Å². The lowest BCUT2D eigenvalue weighted by Gasteiger charge is -2.19. The summed E-state index contributed by atoms with van der Waals surface area (Å²) < 4.78 is 0. The Bertz CT molecular complexity index is 466. The molecule has 0 aliphatic heterocycles. The number of nitrogens with zero attached hydrogens (tertiary/aromatic N) is 1. The molecule has 0 radical (unpaired) electrons. The summed E-state index contributed by atoms with van der Waals surface area (Å²) in [5.41, 5.74) is 2.42. The molecule has 1 aromatic heterocycles. The molecule has 0 bridgehead atoms. The Hall–Kier alpha value is -0.910. The highest BCUT2D eigenvalue weighted by Gasteiger charge is 2.29. The fraction of sp³-hybridized carbons (Fsp3) is 0.643. The summed E-state index contributed by atoms with van der Waals surface area (Å²) in [6.07, 6.45) is 2.28. The number of rotatable bonds is 6. The predicted molar refractivity (Wildman–Crippen MR) is 78.8 cm³/mol. The summed E-state index contributed by atoms with van der Waals surface area (Å²) >= 11 is 1.63. The van der Waals surface area contributed by atoms with Crippen LogP contribution in [0.3, 0.4) is 0 Å². The average Bonchev–Trinajstić information content (AvgIpc) is 3.16. The van der Waals surface area contributed by atoms with Gasteiger partial charge in [-0.2, -0.15) is 0 Å². The maximum absolute atomic E-state index is 12.1. The third-order valence-corrected chi connectivity index (χ3v) is 4.96. The van der Waals surface area contributed by atoms with Crippen LogP contribution in [0.1, 0.15) is 28.8 Å². The van der Waals surface area contributed by atoms with E-state index in [1.165, 1.54) is 10.4 Å². The number of carbonyl (C=O) groups is 1. The van der Waals surface area contributed by atoms with Gasteiger partial charge in [0.15, 0.2) is 0 Å². The predicted octanol–water partition coefficient (Wildman–Crippen LogP) is 2.07. The summed E-state index contributed by atoms with van der Waals surface area (Å²) in [5.74, 6) is 0.0182. The number of aryl methyl sites for hydroxylation is 1. The molecule has 1 aliphatic carbocycles. The molecule has 5 heteroatoms. The van der Waals surface area contributed by atoms with Crippen molar-refractivity contribution in [2.45, 2.75) is 39.7 Å². The second-order valence-corrected chi connectivity index (χ2v) is 6.44. The fourth-order valence-electron chi connectivity index (χ4n) is 2.17. The molecule has 19 heavy (non-hydrogen) atoms. The number of anilines is 1.